The van der Waals surface area contributed by atoms with Crippen molar-refractivity contribution in [1.29, 1.82) is 0 Å². The van der Waals surface area contributed by atoms with Crippen molar-refractivity contribution in [2.45, 2.75) is 26.7 Å². The molecule has 4 nitrogen and oxygen atoms in total. The van der Waals surface area contributed by atoms with Crippen LogP contribution in [-0.4, -0.2) is 21.3 Å². The maximum atomic E-state index is 11.6. The first-order chi connectivity index (χ1) is 7.04. The molecule has 1 aromatic rings. The van der Waals surface area contributed by atoms with Crippen molar-refractivity contribution in [1.82, 2.24) is 9.78 Å². The Bertz CT molecular complexity index is 368. The first-order valence-electron chi connectivity index (χ1n) is 5.09. The van der Waals surface area contributed by atoms with Gasteiger partial charge in [0.2, 0.25) is 0 Å². The third kappa shape index (κ3) is 3.01. The van der Waals surface area contributed by atoms with Gasteiger partial charge in [-0.2, -0.15) is 5.10 Å². The zero-order valence-electron chi connectivity index (χ0n) is 9.36. The van der Waals surface area contributed by atoms with E-state index in [4.69, 9.17) is 0 Å². The van der Waals surface area contributed by atoms with Gasteiger partial charge in [0, 0.05) is 19.2 Å². The Morgan fingerprint density at radius 3 is 2.67 bits per heavy atom. The van der Waals surface area contributed by atoms with Gasteiger partial charge in [0.1, 0.15) is 5.78 Å². The zero-order valence-corrected chi connectivity index (χ0v) is 9.36. The Hall–Kier alpha value is -1.45. The summed E-state index contributed by atoms with van der Waals surface area (Å²) in [7, 11) is 1.74. The lowest BCUT2D eigenvalue weighted by molar-refractivity contribution is -0.121. The molecule has 0 saturated carbocycles. The monoisotopic (exact) mass is 208 g/mol. The number of Topliss-reactive ketones (excluding diaryl/α,β-unsaturated/α-hetero) is 2. The van der Waals surface area contributed by atoms with Crippen molar-refractivity contribution in [3.05, 3.63) is 18.0 Å². The summed E-state index contributed by atoms with van der Waals surface area (Å²) in [5.41, 5.74) is 0.508. The van der Waals surface area contributed by atoms with Crippen LogP contribution in [0.5, 0.6) is 0 Å². The molecule has 0 aliphatic carbocycles. The van der Waals surface area contributed by atoms with E-state index in [1.54, 1.807) is 17.9 Å². The fourth-order valence-corrected chi connectivity index (χ4v) is 1.23. The molecule has 0 amide bonds. The normalized spacial score (nSPS) is 12.5. The summed E-state index contributed by atoms with van der Waals surface area (Å²) in [4.78, 5) is 23.1. The summed E-state index contributed by atoms with van der Waals surface area (Å²) in [6, 6.07) is 0. The number of carbonyl (C=O) groups is 2. The third-order valence-electron chi connectivity index (χ3n) is 2.52. The zero-order chi connectivity index (χ0) is 11.4. The largest absolute Gasteiger partial charge is 0.299 e. The topological polar surface area (TPSA) is 52.0 Å². The highest BCUT2D eigenvalue weighted by Gasteiger charge is 2.17. The molecule has 0 radical (unpaired) electrons. The molecule has 0 fully saturated rings. The molecule has 15 heavy (non-hydrogen) atoms. The number of ketones is 2. The number of aromatic nitrogens is 2. The second-order valence-corrected chi connectivity index (χ2v) is 3.78. The van der Waals surface area contributed by atoms with E-state index >= 15 is 0 Å². The van der Waals surface area contributed by atoms with Gasteiger partial charge in [0.15, 0.2) is 5.78 Å². The van der Waals surface area contributed by atoms with Crippen LogP contribution >= 0.6 is 0 Å². The molecule has 0 aliphatic rings. The molecular weight excluding hydrogens is 192 g/mol. The Labute approximate surface area is 89.3 Å². The average Bonchev–Trinajstić information content (AvgIpc) is 2.63. The fourth-order valence-electron chi connectivity index (χ4n) is 1.23. The van der Waals surface area contributed by atoms with E-state index in [0.717, 1.165) is 6.42 Å². The predicted molar refractivity (Wildman–Crippen MR) is 56.6 cm³/mol. The van der Waals surface area contributed by atoms with E-state index in [-0.39, 0.29) is 23.9 Å². The van der Waals surface area contributed by atoms with E-state index in [1.807, 2.05) is 13.8 Å². The average molecular weight is 208 g/mol. The van der Waals surface area contributed by atoms with Crippen molar-refractivity contribution in [2.75, 3.05) is 0 Å². The van der Waals surface area contributed by atoms with Crippen molar-refractivity contribution < 1.29 is 9.59 Å². The SMILES string of the molecule is CCC(C)C(=O)CC(=O)c1cnn(C)c1. The minimum atomic E-state index is -0.145. The lowest BCUT2D eigenvalue weighted by Crippen LogP contribution is -2.14. The summed E-state index contributed by atoms with van der Waals surface area (Å²) < 4.78 is 1.56. The lowest BCUT2D eigenvalue weighted by Gasteiger charge is -2.05. The van der Waals surface area contributed by atoms with Crippen LogP contribution in [0.3, 0.4) is 0 Å². The summed E-state index contributed by atoms with van der Waals surface area (Å²) in [6.07, 6.45) is 3.89. The van der Waals surface area contributed by atoms with Gasteiger partial charge >= 0.3 is 0 Å². The van der Waals surface area contributed by atoms with E-state index in [2.05, 4.69) is 5.10 Å². The Balaban J connectivity index is 2.60. The highest BCUT2D eigenvalue weighted by atomic mass is 16.1. The molecule has 1 unspecified atom stereocenters. The second kappa shape index (κ2) is 4.87. The molecule has 82 valence electrons. The molecule has 0 aliphatic heterocycles. The van der Waals surface area contributed by atoms with E-state index in [1.165, 1.54) is 6.20 Å². The van der Waals surface area contributed by atoms with Gasteiger partial charge in [-0.1, -0.05) is 13.8 Å². The predicted octanol–water partition coefficient (Wildman–Crippen LogP) is 1.61. The molecule has 4 heteroatoms. The number of hydrogen-bond donors (Lipinski definition) is 0. The first kappa shape index (κ1) is 11.6. The maximum absolute atomic E-state index is 11.6. The molecule has 1 rings (SSSR count). The second-order valence-electron chi connectivity index (χ2n) is 3.78. The van der Waals surface area contributed by atoms with Gasteiger partial charge in [-0.25, -0.2) is 0 Å². The maximum Gasteiger partial charge on any atom is 0.173 e. The quantitative estimate of drug-likeness (QED) is 0.545. The molecule has 1 atom stereocenters. The minimum Gasteiger partial charge on any atom is -0.299 e. The Morgan fingerprint density at radius 1 is 1.53 bits per heavy atom. The molecule has 0 bridgehead atoms. The molecular formula is C11H16N2O2. The lowest BCUT2D eigenvalue weighted by atomic mass is 9.98. The standard InChI is InChI=1S/C11H16N2O2/c1-4-8(2)10(14)5-11(15)9-6-12-13(3)7-9/h6-8H,4-5H2,1-3H3. The van der Waals surface area contributed by atoms with Gasteiger partial charge in [0.05, 0.1) is 18.2 Å². The number of hydrogen-bond acceptors (Lipinski definition) is 3. The van der Waals surface area contributed by atoms with Crippen LogP contribution in [0.1, 0.15) is 37.0 Å². The number of aryl methyl sites for hydroxylation is 1. The van der Waals surface area contributed by atoms with Crippen molar-refractivity contribution in [3.8, 4) is 0 Å². The van der Waals surface area contributed by atoms with Crippen molar-refractivity contribution >= 4 is 11.6 Å². The summed E-state index contributed by atoms with van der Waals surface area (Å²) in [5.74, 6) is -0.176. The Kier molecular flexibility index (Phi) is 3.77. The van der Waals surface area contributed by atoms with Gasteiger partial charge in [-0.05, 0) is 6.42 Å². The summed E-state index contributed by atoms with van der Waals surface area (Å²) in [6.45, 7) is 3.79. The van der Waals surface area contributed by atoms with Crippen molar-refractivity contribution in [2.24, 2.45) is 13.0 Å². The van der Waals surface area contributed by atoms with E-state index < -0.39 is 0 Å². The highest BCUT2D eigenvalue weighted by Crippen LogP contribution is 2.09. The van der Waals surface area contributed by atoms with Crippen LogP contribution in [0.4, 0.5) is 0 Å². The number of carbonyl (C=O) groups excluding carboxylic acids is 2. The molecule has 0 saturated heterocycles. The first-order valence-corrected chi connectivity index (χ1v) is 5.09. The van der Waals surface area contributed by atoms with Crippen molar-refractivity contribution in [3.63, 3.8) is 0 Å². The van der Waals surface area contributed by atoms with Crippen LogP contribution in [0.2, 0.25) is 0 Å². The molecule has 0 aromatic carbocycles. The molecule has 1 heterocycles. The number of nitrogens with zero attached hydrogens (tertiary/aromatic N) is 2. The molecule has 0 N–H and O–H groups in total. The van der Waals surface area contributed by atoms with Crippen LogP contribution < -0.4 is 0 Å². The smallest absolute Gasteiger partial charge is 0.173 e. The number of rotatable bonds is 5. The molecule has 0 spiro atoms. The highest BCUT2D eigenvalue weighted by molar-refractivity contribution is 6.08. The summed E-state index contributed by atoms with van der Waals surface area (Å²) in [5, 5.41) is 3.89. The van der Waals surface area contributed by atoms with E-state index in [9.17, 15) is 9.59 Å². The fraction of sp³-hybridized carbons (Fsp3) is 0.545. The van der Waals surface area contributed by atoms with Gasteiger partial charge in [-0.3, -0.25) is 14.3 Å². The summed E-state index contributed by atoms with van der Waals surface area (Å²) >= 11 is 0. The van der Waals surface area contributed by atoms with Crippen LogP contribution in [-0.2, 0) is 11.8 Å². The third-order valence-corrected chi connectivity index (χ3v) is 2.52. The van der Waals surface area contributed by atoms with E-state index in [0.29, 0.717) is 5.56 Å². The van der Waals surface area contributed by atoms with Crippen LogP contribution in [0.25, 0.3) is 0 Å². The van der Waals surface area contributed by atoms with Gasteiger partial charge < -0.3 is 0 Å². The Morgan fingerprint density at radius 2 is 2.20 bits per heavy atom. The van der Waals surface area contributed by atoms with Crippen LogP contribution in [0, 0.1) is 5.92 Å². The molecule has 1 aromatic heterocycles. The van der Waals surface area contributed by atoms with Gasteiger partial charge in [0.25, 0.3) is 0 Å². The minimum absolute atomic E-state index is 0.00588. The van der Waals surface area contributed by atoms with Crippen LogP contribution in [0.15, 0.2) is 12.4 Å². The van der Waals surface area contributed by atoms with Gasteiger partial charge in [-0.15, -0.1) is 0 Å².